The topological polar surface area (TPSA) is 93.0 Å². The fourth-order valence-electron chi connectivity index (χ4n) is 1.26. The van der Waals surface area contributed by atoms with E-state index >= 15 is 0 Å². The first-order valence-electron chi connectivity index (χ1n) is 4.31. The van der Waals surface area contributed by atoms with Crippen LogP contribution in [0.1, 0.15) is 5.69 Å². The van der Waals surface area contributed by atoms with Gasteiger partial charge in [-0.2, -0.15) is 5.26 Å². The third kappa shape index (κ3) is 1.62. The Morgan fingerprint density at radius 3 is 2.94 bits per heavy atom. The summed E-state index contributed by atoms with van der Waals surface area (Å²) >= 11 is 0. The summed E-state index contributed by atoms with van der Waals surface area (Å²) in [5.74, 6) is 0.472. The van der Waals surface area contributed by atoms with E-state index in [1.807, 2.05) is 0 Å². The van der Waals surface area contributed by atoms with Crippen LogP contribution >= 0.6 is 0 Å². The summed E-state index contributed by atoms with van der Waals surface area (Å²) in [6.45, 7) is 0. The number of pyridine rings is 1. The van der Waals surface area contributed by atoms with Gasteiger partial charge in [-0.1, -0.05) is 0 Å². The zero-order valence-electron chi connectivity index (χ0n) is 7.95. The molecule has 6 nitrogen and oxygen atoms in total. The van der Waals surface area contributed by atoms with Crippen LogP contribution in [-0.2, 0) is 0 Å². The van der Waals surface area contributed by atoms with Crippen LogP contribution in [0.5, 0.6) is 0 Å². The van der Waals surface area contributed by atoms with Crippen molar-refractivity contribution in [3.8, 4) is 17.4 Å². The first kappa shape index (κ1) is 9.86. The van der Waals surface area contributed by atoms with Gasteiger partial charge in [-0.25, -0.2) is 4.98 Å². The number of nitriles is 1. The lowest BCUT2D eigenvalue weighted by molar-refractivity contribution is -0.385. The number of nitrogens with zero attached hydrogens (tertiary/aromatic N) is 3. The lowest BCUT2D eigenvalue weighted by atomic mass is 10.2. The highest BCUT2D eigenvalue weighted by Crippen LogP contribution is 2.25. The van der Waals surface area contributed by atoms with Crippen molar-refractivity contribution in [2.24, 2.45) is 0 Å². The Bertz CT molecular complexity index is 569. The summed E-state index contributed by atoms with van der Waals surface area (Å²) in [6, 6.07) is 6.26. The van der Waals surface area contributed by atoms with Gasteiger partial charge in [0.05, 0.1) is 11.2 Å². The molecule has 0 unspecified atom stereocenters. The van der Waals surface area contributed by atoms with Crippen molar-refractivity contribution in [2.75, 3.05) is 0 Å². The Balaban J connectivity index is 2.57. The van der Waals surface area contributed by atoms with Gasteiger partial charge in [0, 0.05) is 17.8 Å². The van der Waals surface area contributed by atoms with Crippen LogP contribution in [-0.4, -0.2) is 9.91 Å². The minimum Gasteiger partial charge on any atom is -0.464 e. The van der Waals surface area contributed by atoms with E-state index in [1.165, 1.54) is 18.5 Å². The molecule has 0 aliphatic carbocycles. The van der Waals surface area contributed by atoms with Crippen LogP contribution < -0.4 is 0 Å². The third-order valence-corrected chi connectivity index (χ3v) is 1.98. The van der Waals surface area contributed by atoms with E-state index in [0.29, 0.717) is 11.3 Å². The summed E-state index contributed by atoms with van der Waals surface area (Å²) in [5.41, 5.74) is -0.0626. The van der Waals surface area contributed by atoms with E-state index in [2.05, 4.69) is 4.98 Å². The maximum Gasteiger partial charge on any atom is 0.306 e. The summed E-state index contributed by atoms with van der Waals surface area (Å²) in [5, 5.41) is 19.3. The first-order valence-corrected chi connectivity index (χ1v) is 4.31. The summed E-state index contributed by atoms with van der Waals surface area (Å²) < 4.78 is 5.08. The summed E-state index contributed by atoms with van der Waals surface area (Å²) in [6.07, 6.45) is 2.82. The van der Waals surface area contributed by atoms with Crippen molar-refractivity contribution >= 4 is 5.69 Å². The highest BCUT2D eigenvalue weighted by atomic mass is 16.6. The number of hydrogen-bond acceptors (Lipinski definition) is 5. The predicted octanol–water partition coefficient (Wildman–Crippen LogP) is 2.12. The zero-order valence-corrected chi connectivity index (χ0v) is 7.95. The molecule has 0 aromatic carbocycles. The number of rotatable bonds is 2. The van der Waals surface area contributed by atoms with Crippen LogP contribution in [0.4, 0.5) is 5.69 Å². The summed E-state index contributed by atoms with van der Waals surface area (Å²) in [7, 11) is 0. The fourth-order valence-corrected chi connectivity index (χ4v) is 1.26. The quantitative estimate of drug-likeness (QED) is 0.565. The fraction of sp³-hybridized carbons (Fsp3) is 0. The van der Waals surface area contributed by atoms with Gasteiger partial charge in [-0.05, 0) is 12.1 Å². The highest BCUT2D eigenvalue weighted by molar-refractivity contribution is 5.62. The summed E-state index contributed by atoms with van der Waals surface area (Å²) in [4.78, 5) is 13.8. The Labute approximate surface area is 89.9 Å². The number of hydrogen-bond donors (Lipinski definition) is 0. The molecule has 0 aliphatic rings. The SMILES string of the molecule is N#Cc1ncc(-c2ccco2)cc1[N+](=O)[O-]. The van der Waals surface area contributed by atoms with Crippen LogP contribution in [0.25, 0.3) is 11.3 Å². The molecule has 78 valence electrons. The van der Waals surface area contributed by atoms with Gasteiger partial charge < -0.3 is 4.42 Å². The normalized spacial score (nSPS) is 9.69. The third-order valence-electron chi connectivity index (χ3n) is 1.98. The largest absolute Gasteiger partial charge is 0.464 e. The number of furan rings is 1. The van der Waals surface area contributed by atoms with Crippen molar-refractivity contribution in [2.45, 2.75) is 0 Å². The molecule has 0 saturated heterocycles. The minimum absolute atomic E-state index is 0.208. The van der Waals surface area contributed by atoms with Crippen molar-refractivity contribution in [1.29, 1.82) is 5.26 Å². The molecule has 0 aliphatic heterocycles. The van der Waals surface area contributed by atoms with Gasteiger partial charge in [0.2, 0.25) is 5.69 Å². The molecule has 0 spiro atoms. The molecule has 0 radical (unpaired) electrons. The van der Waals surface area contributed by atoms with E-state index < -0.39 is 4.92 Å². The maximum absolute atomic E-state index is 10.7. The monoisotopic (exact) mass is 215 g/mol. The van der Waals surface area contributed by atoms with Crippen LogP contribution in [0, 0.1) is 21.4 Å². The Morgan fingerprint density at radius 1 is 1.56 bits per heavy atom. The average molecular weight is 215 g/mol. The van der Waals surface area contributed by atoms with E-state index in [-0.39, 0.29) is 11.4 Å². The van der Waals surface area contributed by atoms with E-state index in [1.54, 1.807) is 18.2 Å². The molecule has 2 rings (SSSR count). The Kier molecular flexibility index (Phi) is 2.36. The van der Waals surface area contributed by atoms with Crippen molar-refractivity contribution in [3.05, 3.63) is 46.5 Å². The molecular formula is C10H5N3O3. The molecular weight excluding hydrogens is 210 g/mol. The molecule has 2 aromatic rings. The predicted molar refractivity (Wildman–Crippen MR) is 53.3 cm³/mol. The molecule has 0 amide bonds. The van der Waals surface area contributed by atoms with Crippen LogP contribution in [0.15, 0.2) is 35.1 Å². The second kappa shape index (κ2) is 3.82. The first-order chi connectivity index (χ1) is 7.72. The van der Waals surface area contributed by atoms with Crippen LogP contribution in [0.2, 0.25) is 0 Å². The number of aromatic nitrogens is 1. The lowest BCUT2D eigenvalue weighted by Crippen LogP contribution is -1.95. The molecule has 2 aromatic heterocycles. The average Bonchev–Trinajstić information content (AvgIpc) is 2.81. The zero-order chi connectivity index (χ0) is 11.5. The molecule has 2 heterocycles. The van der Waals surface area contributed by atoms with Gasteiger partial charge in [-0.15, -0.1) is 0 Å². The van der Waals surface area contributed by atoms with Crippen molar-refractivity contribution in [1.82, 2.24) is 4.98 Å². The maximum atomic E-state index is 10.7. The second-order valence-corrected chi connectivity index (χ2v) is 2.94. The molecule has 0 N–H and O–H groups in total. The highest BCUT2D eigenvalue weighted by Gasteiger charge is 2.17. The minimum atomic E-state index is -0.641. The second-order valence-electron chi connectivity index (χ2n) is 2.94. The van der Waals surface area contributed by atoms with E-state index in [4.69, 9.17) is 9.68 Å². The van der Waals surface area contributed by atoms with Crippen LogP contribution in [0.3, 0.4) is 0 Å². The molecule has 6 heteroatoms. The smallest absolute Gasteiger partial charge is 0.306 e. The van der Waals surface area contributed by atoms with Gasteiger partial charge in [-0.3, -0.25) is 10.1 Å². The molecule has 0 fully saturated rings. The van der Waals surface area contributed by atoms with Gasteiger partial charge in [0.25, 0.3) is 0 Å². The van der Waals surface area contributed by atoms with Gasteiger partial charge in [0.15, 0.2) is 0 Å². The molecule has 0 atom stereocenters. The molecule has 0 saturated carbocycles. The lowest BCUT2D eigenvalue weighted by Gasteiger charge is -1.97. The molecule has 16 heavy (non-hydrogen) atoms. The Morgan fingerprint density at radius 2 is 2.38 bits per heavy atom. The molecule has 0 bridgehead atoms. The van der Waals surface area contributed by atoms with Gasteiger partial charge >= 0.3 is 5.69 Å². The van der Waals surface area contributed by atoms with E-state index in [0.717, 1.165) is 0 Å². The van der Waals surface area contributed by atoms with Gasteiger partial charge in [0.1, 0.15) is 11.8 Å². The Hall–Kier alpha value is -2.68. The van der Waals surface area contributed by atoms with Crippen molar-refractivity contribution < 1.29 is 9.34 Å². The standard InChI is InChI=1S/C10H5N3O3/c11-5-8-9(13(14)15)4-7(6-12-8)10-2-1-3-16-10/h1-4,6H. The van der Waals surface area contributed by atoms with Crippen molar-refractivity contribution in [3.63, 3.8) is 0 Å². The van der Waals surface area contributed by atoms with E-state index in [9.17, 15) is 10.1 Å². The number of nitro groups is 1.